The molecule has 0 saturated carbocycles. The first-order chi connectivity index (χ1) is 13.7. The minimum atomic E-state index is -0.126. The number of anilines is 2. The molecule has 0 aliphatic carbocycles. The first-order valence-electron chi connectivity index (χ1n) is 8.88. The van der Waals surface area contributed by atoms with Crippen molar-refractivity contribution >= 4 is 35.0 Å². The van der Waals surface area contributed by atoms with Gasteiger partial charge in [0.1, 0.15) is 6.33 Å². The van der Waals surface area contributed by atoms with Gasteiger partial charge < -0.3 is 10.2 Å². The molecular weight excluding hydrogens is 372 g/mol. The van der Waals surface area contributed by atoms with Crippen LogP contribution >= 0.6 is 11.8 Å². The molecule has 2 aromatic carbocycles. The van der Waals surface area contributed by atoms with Gasteiger partial charge in [-0.15, -0.1) is 11.8 Å². The van der Waals surface area contributed by atoms with Gasteiger partial charge in [0.2, 0.25) is 11.8 Å². The van der Waals surface area contributed by atoms with Crippen molar-refractivity contribution in [3.05, 3.63) is 67.3 Å². The van der Waals surface area contributed by atoms with Gasteiger partial charge in [0.15, 0.2) is 0 Å². The number of carbonyl (C=O) groups is 2. The highest BCUT2D eigenvalue weighted by atomic mass is 32.2. The van der Waals surface area contributed by atoms with Crippen molar-refractivity contribution in [3.63, 3.8) is 0 Å². The maximum atomic E-state index is 12.4. The maximum absolute atomic E-state index is 12.4. The number of fused-ring (bicyclic) bond motifs is 1. The predicted octanol–water partition coefficient (Wildman–Crippen LogP) is 3.61. The number of hydrogen-bond acceptors (Lipinski definition) is 5. The van der Waals surface area contributed by atoms with Crippen LogP contribution in [0.15, 0.2) is 72.1 Å². The molecule has 0 unspecified atom stereocenters. The minimum Gasteiger partial charge on any atom is -0.326 e. The Morgan fingerprint density at radius 2 is 1.79 bits per heavy atom. The summed E-state index contributed by atoms with van der Waals surface area (Å²) >= 11 is 1.54. The topological polar surface area (TPSA) is 75.2 Å². The minimum absolute atomic E-state index is 0.0333. The van der Waals surface area contributed by atoms with E-state index in [0.717, 1.165) is 21.7 Å². The van der Waals surface area contributed by atoms with Crippen molar-refractivity contribution in [3.8, 4) is 11.1 Å². The van der Waals surface area contributed by atoms with E-state index in [1.54, 1.807) is 17.3 Å². The molecule has 4 rings (SSSR count). The van der Waals surface area contributed by atoms with Crippen molar-refractivity contribution in [2.45, 2.75) is 11.3 Å². The van der Waals surface area contributed by atoms with Gasteiger partial charge in [0.25, 0.3) is 0 Å². The van der Waals surface area contributed by atoms with E-state index >= 15 is 0 Å². The van der Waals surface area contributed by atoms with Gasteiger partial charge in [-0.25, -0.2) is 9.97 Å². The molecule has 0 atom stereocenters. The highest BCUT2D eigenvalue weighted by Crippen LogP contribution is 2.34. The van der Waals surface area contributed by atoms with E-state index in [1.807, 2.05) is 48.5 Å². The van der Waals surface area contributed by atoms with Crippen LogP contribution in [0.3, 0.4) is 0 Å². The summed E-state index contributed by atoms with van der Waals surface area (Å²) in [7, 11) is 0. The van der Waals surface area contributed by atoms with E-state index < -0.39 is 0 Å². The Morgan fingerprint density at radius 1 is 1.04 bits per heavy atom. The molecule has 7 heteroatoms. The van der Waals surface area contributed by atoms with Crippen LogP contribution in [0.5, 0.6) is 0 Å². The monoisotopic (exact) mass is 390 g/mol. The lowest BCUT2D eigenvalue weighted by molar-refractivity contribution is -0.117. The van der Waals surface area contributed by atoms with E-state index in [2.05, 4.69) is 15.3 Å². The Kier molecular flexibility index (Phi) is 5.34. The zero-order valence-corrected chi connectivity index (χ0v) is 15.9. The average molecular weight is 390 g/mol. The number of rotatable bonds is 5. The van der Waals surface area contributed by atoms with Gasteiger partial charge in [-0.1, -0.05) is 24.3 Å². The van der Waals surface area contributed by atoms with Crippen LogP contribution in [-0.2, 0) is 9.59 Å². The number of amides is 2. The third-order valence-corrected chi connectivity index (χ3v) is 5.48. The number of benzene rings is 2. The molecule has 0 spiro atoms. The molecule has 1 aliphatic rings. The standard InChI is InChI=1S/C21H18N4O2S/c26-20(9-10-25-18-3-1-2-4-19(18)28-13-21(25)27)24-17-7-5-15(6-8-17)16-11-22-14-23-12-16/h1-8,11-12,14H,9-10,13H2,(H,24,26). The molecule has 0 fully saturated rings. The first-order valence-corrected chi connectivity index (χ1v) is 9.87. The Labute approximate surface area is 167 Å². The fourth-order valence-corrected chi connectivity index (χ4v) is 3.97. The largest absolute Gasteiger partial charge is 0.326 e. The van der Waals surface area contributed by atoms with Crippen molar-refractivity contribution < 1.29 is 9.59 Å². The van der Waals surface area contributed by atoms with Crippen LogP contribution in [0.1, 0.15) is 6.42 Å². The Morgan fingerprint density at radius 3 is 2.57 bits per heavy atom. The van der Waals surface area contributed by atoms with Gasteiger partial charge in [-0.05, 0) is 29.8 Å². The van der Waals surface area contributed by atoms with Crippen LogP contribution in [0.25, 0.3) is 11.1 Å². The fourth-order valence-electron chi connectivity index (χ4n) is 3.03. The summed E-state index contributed by atoms with van der Waals surface area (Å²) in [6.45, 7) is 0.363. The van der Waals surface area contributed by atoms with Crippen molar-refractivity contribution in [1.82, 2.24) is 9.97 Å². The third kappa shape index (κ3) is 4.04. The molecule has 6 nitrogen and oxygen atoms in total. The van der Waals surface area contributed by atoms with Crippen LogP contribution < -0.4 is 10.2 Å². The smallest absolute Gasteiger partial charge is 0.237 e. The van der Waals surface area contributed by atoms with E-state index in [9.17, 15) is 9.59 Å². The number of thioether (sulfide) groups is 1. The van der Waals surface area contributed by atoms with Gasteiger partial charge in [0.05, 0.1) is 11.4 Å². The summed E-state index contributed by atoms with van der Waals surface area (Å²) in [6.07, 6.45) is 5.21. The molecule has 1 aromatic heterocycles. The van der Waals surface area contributed by atoms with Crippen molar-refractivity contribution in [2.24, 2.45) is 0 Å². The first kappa shape index (κ1) is 18.2. The molecule has 140 valence electrons. The molecule has 0 bridgehead atoms. The van der Waals surface area contributed by atoms with Crippen LogP contribution in [0.4, 0.5) is 11.4 Å². The molecule has 2 heterocycles. The van der Waals surface area contributed by atoms with Gasteiger partial charge >= 0.3 is 0 Å². The summed E-state index contributed by atoms with van der Waals surface area (Å²) in [5, 5.41) is 2.89. The summed E-state index contributed by atoms with van der Waals surface area (Å²) in [5.74, 6) is 0.314. The van der Waals surface area contributed by atoms with E-state index in [0.29, 0.717) is 18.0 Å². The lowest BCUT2D eigenvalue weighted by Gasteiger charge is -2.28. The van der Waals surface area contributed by atoms with Crippen LogP contribution in [0.2, 0.25) is 0 Å². The van der Waals surface area contributed by atoms with Crippen LogP contribution in [0, 0.1) is 0 Å². The van der Waals surface area contributed by atoms with E-state index in [-0.39, 0.29) is 18.2 Å². The van der Waals surface area contributed by atoms with Gasteiger partial charge in [-0.3, -0.25) is 9.59 Å². The summed E-state index contributed by atoms with van der Waals surface area (Å²) in [5.41, 5.74) is 3.49. The molecular formula is C21H18N4O2S. The van der Waals surface area contributed by atoms with Crippen molar-refractivity contribution in [1.29, 1.82) is 0 Å². The molecule has 0 saturated heterocycles. The molecule has 1 aliphatic heterocycles. The Hall–Kier alpha value is -3.19. The normalized spacial score (nSPS) is 13.1. The quantitative estimate of drug-likeness (QED) is 0.720. The Balaban J connectivity index is 1.37. The zero-order chi connectivity index (χ0) is 19.3. The summed E-state index contributed by atoms with van der Waals surface area (Å²) < 4.78 is 0. The molecule has 0 radical (unpaired) electrons. The lowest BCUT2D eigenvalue weighted by atomic mass is 10.1. The van der Waals surface area contributed by atoms with Gasteiger partial charge in [-0.2, -0.15) is 0 Å². The van der Waals surface area contributed by atoms with Crippen LogP contribution in [-0.4, -0.2) is 34.1 Å². The average Bonchev–Trinajstić information content (AvgIpc) is 2.74. The number of para-hydroxylation sites is 1. The second-order valence-electron chi connectivity index (χ2n) is 6.30. The van der Waals surface area contributed by atoms with E-state index in [1.165, 1.54) is 18.1 Å². The fraction of sp³-hybridized carbons (Fsp3) is 0.143. The summed E-state index contributed by atoms with van der Waals surface area (Å²) in [6, 6.07) is 15.3. The number of carbonyl (C=O) groups excluding carboxylic acids is 2. The molecule has 3 aromatic rings. The molecule has 1 N–H and O–H groups in total. The predicted molar refractivity (Wildman–Crippen MR) is 110 cm³/mol. The molecule has 2 amide bonds. The second kappa shape index (κ2) is 8.22. The van der Waals surface area contributed by atoms with E-state index in [4.69, 9.17) is 0 Å². The second-order valence-corrected chi connectivity index (χ2v) is 7.32. The number of hydrogen-bond donors (Lipinski definition) is 1. The van der Waals surface area contributed by atoms with Crippen molar-refractivity contribution in [2.75, 3.05) is 22.5 Å². The number of aromatic nitrogens is 2. The Bertz CT molecular complexity index is 993. The lowest BCUT2D eigenvalue weighted by Crippen LogP contribution is -2.37. The number of nitrogens with one attached hydrogen (secondary N) is 1. The highest BCUT2D eigenvalue weighted by molar-refractivity contribution is 8.00. The summed E-state index contributed by atoms with van der Waals surface area (Å²) in [4.78, 5) is 35.4. The SMILES string of the molecule is O=C(CCN1C(=O)CSc2ccccc21)Nc1ccc(-c2cncnc2)cc1. The molecule has 28 heavy (non-hydrogen) atoms. The van der Waals surface area contributed by atoms with Gasteiger partial charge in [0, 0.05) is 41.5 Å². The maximum Gasteiger partial charge on any atom is 0.237 e. The highest BCUT2D eigenvalue weighted by Gasteiger charge is 2.24. The zero-order valence-electron chi connectivity index (χ0n) is 15.0. The number of nitrogens with zero attached hydrogens (tertiary/aromatic N) is 3. The third-order valence-electron chi connectivity index (χ3n) is 4.43.